The molecule has 2 aliphatic heterocycles. The Morgan fingerprint density at radius 3 is 1.58 bits per heavy atom. The van der Waals surface area contributed by atoms with Crippen molar-refractivity contribution in [2.24, 2.45) is 0 Å². The predicted octanol–water partition coefficient (Wildman–Crippen LogP) is 0.383. The van der Waals surface area contributed by atoms with Crippen molar-refractivity contribution in [1.82, 2.24) is 10.6 Å². The number of imide groups is 2. The molecule has 0 radical (unpaired) electrons. The summed E-state index contributed by atoms with van der Waals surface area (Å²) in [5, 5.41) is 4.41. The van der Waals surface area contributed by atoms with Gasteiger partial charge in [-0.1, -0.05) is 12.1 Å². The van der Waals surface area contributed by atoms with E-state index in [1.165, 1.54) is 0 Å². The van der Waals surface area contributed by atoms with E-state index in [0.717, 1.165) is 0 Å². The highest BCUT2D eigenvalue weighted by Crippen LogP contribution is 2.13. The largest absolute Gasteiger partial charge is 0.296 e. The Morgan fingerprint density at radius 2 is 1.21 bits per heavy atom. The van der Waals surface area contributed by atoms with Crippen molar-refractivity contribution in [2.45, 2.75) is 19.3 Å². The fraction of sp³-hybridized carbons (Fsp3) is 0.231. The van der Waals surface area contributed by atoms with Gasteiger partial charge < -0.3 is 0 Å². The summed E-state index contributed by atoms with van der Waals surface area (Å²) in [5.74, 6) is -0.876. The van der Waals surface area contributed by atoms with Gasteiger partial charge in [0.05, 0.1) is 11.1 Å². The zero-order valence-electron chi connectivity index (χ0n) is 10.1. The molecule has 0 atom stereocenters. The number of carbonyl (C=O) groups is 4. The minimum atomic E-state index is -0.300. The molecule has 0 saturated carbocycles. The molecule has 0 bridgehead atoms. The minimum Gasteiger partial charge on any atom is -0.296 e. The van der Waals surface area contributed by atoms with Crippen LogP contribution in [0.3, 0.4) is 0 Å². The number of amides is 4. The van der Waals surface area contributed by atoms with E-state index in [2.05, 4.69) is 10.6 Å². The van der Waals surface area contributed by atoms with Gasteiger partial charge >= 0.3 is 0 Å². The van der Waals surface area contributed by atoms with Crippen LogP contribution in [0, 0.1) is 0 Å². The third kappa shape index (κ3) is 3.04. The lowest BCUT2D eigenvalue weighted by molar-refractivity contribution is -0.132. The highest BCUT2D eigenvalue weighted by atomic mass is 16.2. The maximum Gasteiger partial charge on any atom is 0.258 e. The van der Waals surface area contributed by atoms with E-state index >= 15 is 0 Å². The van der Waals surface area contributed by atoms with Crippen LogP contribution in [0.1, 0.15) is 40.0 Å². The summed E-state index contributed by atoms with van der Waals surface area (Å²) in [6, 6.07) is 6.74. The standard InChI is InChI=1S/C8H5NO2.C5H7NO2/c10-7-5-3-1-2-4-6(5)8(11)9-7;7-4-2-1-3-5(8)6-4/h1-4H,(H,9,10,11);1-3H2,(H,6,7,8). The second kappa shape index (κ2) is 5.43. The number of hydrogen-bond donors (Lipinski definition) is 2. The van der Waals surface area contributed by atoms with Crippen molar-refractivity contribution in [3.05, 3.63) is 35.4 Å². The van der Waals surface area contributed by atoms with Crippen LogP contribution in [-0.4, -0.2) is 23.6 Å². The molecular formula is C13H12N2O4. The van der Waals surface area contributed by atoms with Crippen molar-refractivity contribution in [3.8, 4) is 0 Å². The fourth-order valence-electron chi connectivity index (χ4n) is 1.81. The fourth-order valence-corrected chi connectivity index (χ4v) is 1.81. The Bertz CT molecular complexity index is 519. The highest BCUT2D eigenvalue weighted by Gasteiger charge is 2.25. The molecule has 0 aliphatic carbocycles. The molecule has 19 heavy (non-hydrogen) atoms. The molecule has 1 aromatic carbocycles. The second-order valence-electron chi connectivity index (χ2n) is 4.15. The summed E-state index contributed by atoms with van der Waals surface area (Å²) in [7, 11) is 0. The molecule has 4 amide bonds. The van der Waals surface area contributed by atoms with Crippen molar-refractivity contribution in [2.75, 3.05) is 0 Å². The minimum absolute atomic E-state index is 0.138. The first-order chi connectivity index (χ1) is 9.08. The number of hydrogen-bond acceptors (Lipinski definition) is 4. The van der Waals surface area contributed by atoms with Gasteiger partial charge in [-0.3, -0.25) is 29.8 Å². The summed E-state index contributed by atoms with van der Waals surface area (Å²) in [6.07, 6.45) is 1.72. The molecule has 0 unspecified atom stereocenters. The van der Waals surface area contributed by atoms with E-state index in [4.69, 9.17) is 0 Å². The third-order valence-corrected chi connectivity index (χ3v) is 2.73. The summed E-state index contributed by atoms with van der Waals surface area (Å²) in [6.45, 7) is 0. The Kier molecular flexibility index (Phi) is 3.70. The predicted molar refractivity (Wildman–Crippen MR) is 65.2 cm³/mol. The topological polar surface area (TPSA) is 92.3 Å². The molecule has 3 rings (SSSR count). The third-order valence-electron chi connectivity index (χ3n) is 2.73. The van der Waals surface area contributed by atoms with Gasteiger partial charge in [0.1, 0.15) is 0 Å². The van der Waals surface area contributed by atoms with Crippen LogP contribution in [0.5, 0.6) is 0 Å². The van der Waals surface area contributed by atoms with Crippen LogP contribution in [0.2, 0.25) is 0 Å². The van der Waals surface area contributed by atoms with E-state index in [-0.39, 0.29) is 23.6 Å². The molecule has 0 aromatic heterocycles. The first-order valence-corrected chi connectivity index (χ1v) is 5.85. The van der Waals surface area contributed by atoms with E-state index < -0.39 is 0 Å². The first-order valence-electron chi connectivity index (χ1n) is 5.85. The molecular weight excluding hydrogens is 248 g/mol. The summed E-state index contributed by atoms with van der Waals surface area (Å²) >= 11 is 0. The molecule has 1 aromatic rings. The van der Waals surface area contributed by atoms with Crippen LogP contribution >= 0.6 is 0 Å². The molecule has 2 N–H and O–H groups in total. The lowest BCUT2D eigenvalue weighted by atomic mass is 10.1. The van der Waals surface area contributed by atoms with Gasteiger partial charge in [0.25, 0.3) is 11.8 Å². The van der Waals surface area contributed by atoms with Gasteiger partial charge in [-0.15, -0.1) is 0 Å². The normalized spacial score (nSPS) is 17.1. The molecule has 1 saturated heterocycles. The van der Waals surface area contributed by atoms with Gasteiger partial charge in [-0.2, -0.15) is 0 Å². The monoisotopic (exact) mass is 260 g/mol. The Labute approximate surface area is 109 Å². The van der Waals surface area contributed by atoms with Crippen molar-refractivity contribution in [3.63, 3.8) is 0 Å². The first kappa shape index (κ1) is 12.9. The Hall–Kier alpha value is -2.50. The number of nitrogens with one attached hydrogen (secondary N) is 2. The smallest absolute Gasteiger partial charge is 0.258 e. The zero-order chi connectivity index (χ0) is 13.8. The quantitative estimate of drug-likeness (QED) is 0.660. The van der Waals surface area contributed by atoms with E-state index in [1.807, 2.05) is 0 Å². The maximum atomic E-state index is 10.9. The van der Waals surface area contributed by atoms with Gasteiger partial charge in [0, 0.05) is 12.8 Å². The van der Waals surface area contributed by atoms with Crippen molar-refractivity contribution < 1.29 is 19.2 Å². The van der Waals surface area contributed by atoms with Gasteiger partial charge in [-0.25, -0.2) is 0 Å². The van der Waals surface area contributed by atoms with Gasteiger partial charge in [0.15, 0.2) is 0 Å². The highest BCUT2D eigenvalue weighted by molar-refractivity contribution is 6.21. The van der Waals surface area contributed by atoms with E-state index in [9.17, 15) is 19.2 Å². The average Bonchev–Trinajstić information content (AvgIpc) is 2.66. The summed E-state index contributed by atoms with van der Waals surface area (Å²) in [4.78, 5) is 42.6. The zero-order valence-corrected chi connectivity index (χ0v) is 10.1. The van der Waals surface area contributed by atoms with E-state index in [1.54, 1.807) is 24.3 Å². The van der Waals surface area contributed by atoms with Crippen LogP contribution < -0.4 is 10.6 Å². The van der Waals surface area contributed by atoms with E-state index in [0.29, 0.717) is 30.4 Å². The molecule has 98 valence electrons. The number of fused-ring (bicyclic) bond motifs is 1. The average molecular weight is 260 g/mol. The van der Waals surface area contributed by atoms with Crippen LogP contribution in [-0.2, 0) is 9.59 Å². The summed E-state index contributed by atoms with van der Waals surface area (Å²) in [5.41, 5.74) is 0.940. The number of benzene rings is 1. The molecule has 6 nitrogen and oxygen atoms in total. The Morgan fingerprint density at radius 1 is 0.737 bits per heavy atom. The van der Waals surface area contributed by atoms with Crippen LogP contribution in [0.25, 0.3) is 0 Å². The molecule has 2 aliphatic rings. The lowest BCUT2D eigenvalue weighted by Crippen LogP contribution is -2.33. The maximum absolute atomic E-state index is 10.9. The van der Waals surface area contributed by atoms with Gasteiger partial charge in [0.2, 0.25) is 11.8 Å². The molecule has 6 heteroatoms. The van der Waals surface area contributed by atoms with Crippen LogP contribution in [0.4, 0.5) is 0 Å². The van der Waals surface area contributed by atoms with Crippen LogP contribution in [0.15, 0.2) is 24.3 Å². The number of rotatable bonds is 0. The second-order valence-corrected chi connectivity index (χ2v) is 4.15. The number of piperidine rings is 1. The molecule has 0 spiro atoms. The number of carbonyl (C=O) groups excluding carboxylic acids is 4. The Balaban J connectivity index is 0.000000148. The van der Waals surface area contributed by atoms with Gasteiger partial charge in [-0.05, 0) is 18.6 Å². The molecule has 1 fully saturated rings. The van der Waals surface area contributed by atoms with Crippen molar-refractivity contribution >= 4 is 23.6 Å². The molecule has 2 heterocycles. The lowest BCUT2D eigenvalue weighted by Gasteiger charge is -2.07. The summed E-state index contributed by atoms with van der Waals surface area (Å²) < 4.78 is 0. The van der Waals surface area contributed by atoms with Crippen molar-refractivity contribution in [1.29, 1.82) is 0 Å². The SMILES string of the molecule is O=C1CCCC(=O)N1.O=C1NC(=O)c2ccccc21.